The van der Waals surface area contributed by atoms with E-state index in [0.717, 1.165) is 25.9 Å². The number of rotatable bonds is 3. The molecule has 3 rings (SSSR count). The van der Waals surface area contributed by atoms with Crippen LogP contribution in [-0.2, 0) is 9.84 Å². The van der Waals surface area contributed by atoms with Crippen LogP contribution >= 0.6 is 11.6 Å². The van der Waals surface area contributed by atoms with Crippen molar-refractivity contribution in [3.63, 3.8) is 0 Å². The van der Waals surface area contributed by atoms with Crippen LogP contribution in [0.2, 0.25) is 5.28 Å². The van der Waals surface area contributed by atoms with Crippen molar-refractivity contribution in [2.45, 2.75) is 25.3 Å². The van der Waals surface area contributed by atoms with E-state index in [0.29, 0.717) is 18.3 Å². The third-order valence-electron chi connectivity index (χ3n) is 4.05. The first-order valence-electron chi connectivity index (χ1n) is 7.04. The van der Waals surface area contributed by atoms with E-state index >= 15 is 0 Å². The van der Waals surface area contributed by atoms with Crippen LogP contribution in [0.5, 0.6) is 0 Å². The van der Waals surface area contributed by atoms with Crippen molar-refractivity contribution in [2.24, 2.45) is 0 Å². The Morgan fingerprint density at radius 3 is 2.57 bits per heavy atom. The van der Waals surface area contributed by atoms with Crippen LogP contribution in [0, 0.1) is 0 Å². The molecule has 2 fully saturated rings. The lowest BCUT2D eigenvalue weighted by atomic mass is 10.2. The zero-order valence-electron chi connectivity index (χ0n) is 11.9. The first kappa shape index (κ1) is 14.8. The molecule has 0 aliphatic carbocycles. The van der Waals surface area contributed by atoms with Gasteiger partial charge in [0.2, 0.25) is 17.2 Å². The van der Waals surface area contributed by atoms with E-state index in [-0.39, 0.29) is 22.8 Å². The molecular weight excluding hydrogens is 314 g/mol. The minimum absolute atomic E-state index is 0.0973. The predicted molar refractivity (Wildman–Crippen MR) is 81.7 cm³/mol. The van der Waals surface area contributed by atoms with Gasteiger partial charge in [-0.25, -0.2) is 8.42 Å². The molecular formula is C12H18ClN5O2S. The molecule has 2 aliphatic rings. The zero-order chi connectivity index (χ0) is 15.0. The molecule has 0 aromatic carbocycles. The second-order valence-corrected chi connectivity index (χ2v) is 8.13. The maximum Gasteiger partial charge on any atom is 0.231 e. The third-order valence-corrected chi connectivity index (χ3v) is 5.96. The van der Waals surface area contributed by atoms with Crippen LogP contribution in [0.1, 0.15) is 19.3 Å². The fourth-order valence-corrected chi connectivity index (χ4v) is 4.72. The molecule has 7 nitrogen and oxygen atoms in total. The second-order valence-electron chi connectivity index (χ2n) is 5.57. The first-order valence-corrected chi connectivity index (χ1v) is 9.24. The Balaban J connectivity index is 1.84. The fourth-order valence-electron chi connectivity index (χ4n) is 2.79. The standard InChI is InChI=1S/C12H18ClN5O2S/c1-17(9-4-7-21(19,20)8-9)11-14-10(13)15-12(16-11)18-5-2-3-6-18/h9H,2-8H2,1H3. The van der Waals surface area contributed by atoms with Crippen molar-refractivity contribution < 1.29 is 8.42 Å². The molecule has 21 heavy (non-hydrogen) atoms. The number of halogens is 1. The molecule has 0 bridgehead atoms. The molecule has 0 saturated carbocycles. The van der Waals surface area contributed by atoms with E-state index in [2.05, 4.69) is 19.9 Å². The summed E-state index contributed by atoms with van der Waals surface area (Å²) in [6.07, 6.45) is 2.84. The Hall–Kier alpha value is -1.15. The summed E-state index contributed by atoms with van der Waals surface area (Å²) in [7, 11) is -1.13. The summed E-state index contributed by atoms with van der Waals surface area (Å²) in [5.74, 6) is 1.39. The van der Waals surface area contributed by atoms with Gasteiger partial charge in [-0.1, -0.05) is 0 Å². The predicted octanol–water partition coefficient (Wildman–Crippen LogP) is 0.748. The molecule has 1 aromatic heterocycles. The Kier molecular flexibility index (Phi) is 3.92. The summed E-state index contributed by atoms with van der Waals surface area (Å²) < 4.78 is 23.2. The lowest BCUT2D eigenvalue weighted by molar-refractivity contribution is 0.600. The molecule has 3 heterocycles. The van der Waals surface area contributed by atoms with Crippen LogP contribution in [0.4, 0.5) is 11.9 Å². The molecule has 116 valence electrons. The van der Waals surface area contributed by atoms with E-state index in [1.54, 1.807) is 4.90 Å². The maximum absolute atomic E-state index is 11.6. The van der Waals surface area contributed by atoms with E-state index in [4.69, 9.17) is 11.6 Å². The van der Waals surface area contributed by atoms with Gasteiger partial charge in [0.15, 0.2) is 9.84 Å². The summed E-state index contributed by atoms with van der Waals surface area (Å²) in [6.45, 7) is 1.84. The van der Waals surface area contributed by atoms with Gasteiger partial charge in [-0.15, -0.1) is 0 Å². The maximum atomic E-state index is 11.6. The summed E-state index contributed by atoms with van der Waals surface area (Å²) >= 11 is 6.00. The molecule has 9 heteroatoms. The molecule has 1 atom stereocenters. The number of sulfone groups is 1. The smallest absolute Gasteiger partial charge is 0.231 e. The number of hydrogen-bond acceptors (Lipinski definition) is 7. The van der Waals surface area contributed by atoms with E-state index in [1.807, 2.05) is 7.05 Å². The number of nitrogens with zero attached hydrogens (tertiary/aromatic N) is 5. The lowest BCUT2D eigenvalue weighted by Crippen LogP contribution is -2.34. The highest BCUT2D eigenvalue weighted by Gasteiger charge is 2.32. The molecule has 0 radical (unpaired) electrons. The van der Waals surface area contributed by atoms with Gasteiger partial charge in [0, 0.05) is 26.2 Å². The van der Waals surface area contributed by atoms with Crippen LogP contribution in [0.3, 0.4) is 0 Å². The Morgan fingerprint density at radius 1 is 1.24 bits per heavy atom. The van der Waals surface area contributed by atoms with Gasteiger partial charge >= 0.3 is 0 Å². The Bertz CT molecular complexity index is 633. The average molecular weight is 332 g/mol. The van der Waals surface area contributed by atoms with Crippen LogP contribution in [0.15, 0.2) is 0 Å². The van der Waals surface area contributed by atoms with Gasteiger partial charge in [-0.3, -0.25) is 0 Å². The highest BCUT2D eigenvalue weighted by Crippen LogP contribution is 2.24. The van der Waals surface area contributed by atoms with Crippen molar-refractivity contribution in [1.29, 1.82) is 0 Å². The van der Waals surface area contributed by atoms with Crippen molar-refractivity contribution in [1.82, 2.24) is 15.0 Å². The SMILES string of the molecule is CN(c1nc(Cl)nc(N2CCCC2)n1)C1CCS(=O)(=O)C1. The monoisotopic (exact) mass is 331 g/mol. The Labute approximate surface area is 129 Å². The molecule has 1 aromatic rings. The highest BCUT2D eigenvalue weighted by molar-refractivity contribution is 7.91. The lowest BCUT2D eigenvalue weighted by Gasteiger charge is -2.24. The van der Waals surface area contributed by atoms with E-state index in [9.17, 15) is 8.42 Å². The summed E-state index contributed by atoms with van der Waals surface area (Å²) in [6, 6.07) is -0.0973. The van der Waals surface area contributed by atoms with Crippen molar-refractivity contribution >= 4 is 33.3 Å². The van der Waals surface area contributed by atoms with Crippen molar-refractivity contribution in [3.8, 4) is 0 Å². The number of anilines is 2. The summed E-state index contributed by atoms with van der Waals surface area (Å²) in [4.78, 5) is 16.7. The summed E-state index contributed by atoms with van der Waals surface area (Å²) in [5, 5.41) is 0.148. The molecule has 0 amide bonds. The zero-order valence-corrected chi connectivity index (χ0v) is 13.4. The Morgan fingerprint density at radius 2 is 1.95 bits per heavy atom. The first-order chi connectivity index (χ1) is 9.94. The topological polar surface area (TPSA) is 79.3 Å². The average Bonchev–Trinajstić information content (AvgIpc) is 3.06. The molecule has 2 aliphatic heterocycles. The summed E-state index contributed by atoms with van der Waals surface area (Å²) in [5.41, 5.74) is 0. The van der Waals surface area contributed by atoms with Gasteiger partial charge in [0.05, 0.1) is 11.5 Å². The normalized spacial score (nSPS) is 24.5. The largest absolute Gasteiger partial charge is 0.341 e. The second kappa shape index (κ2) is 5.57. The van der Waals surface area contributed by atoms with Gasteiger partial charge in [-0.2, -0.15) is 15.0 Å². The molecule has 2 saturated heterocycles. The van der Waals surface area contributed by atoms with Gasteiger partial charge in [0.25, 0.3) is 0 Å². The van der Waals surface area contributed by atoms with Crippen LogP contribution in [-0.4, -0.2) is 61.1 Å². The van der Waals surface area contributed by atoms with Gasteiger partial charge in [-0.05, 0) is 30.9 Å². The quantitative estimate of drug-likeness (QED) is 0.808. The van der Waals surface area contributed by atoms with Crippen molar-refractivity contribution in [3.05, 3.63) is 5.28 Å². The number of hydrogen-bond donors (Lipinski definition) is 0. The minimum Gasteiger partial charge on any atom is -0.341 e. The number of aromatic nitrogens is 3. The van der Waals surface area contributed by atoms with Gasteiger partial charge < -0.3 is 9.80 Å². The highest BCUT2D eigenvalue weighted by atomic mass is 35.5. The van der Waals surface area contributed by atoms with E-state index < -0.39 is 9.84 Å². The fraction of sp³-hybridized carbons (Fsp3) is 0.750. The van der Waals surface area contributed by atoms with E-state index in [1.165, 1.54) is 0 Å². The van der Waals surface area contributed by atoms with Crippen LogP contribution in [0.25, 0.3) is 0 Å². The van der Waals surface area contributed by atoms with Gasteiger partial charge in [0.1, 0.15) is 0 Å². The van der Waals surface area contributed by atoms with Crippen LogP contribution < -0.4 is 9.80 Å². The molecule has 0 spiro atoms. The third kappa shape index (κ3) is 3.21. The van der Waals surface area contributed by atoms with Crippen molar-refractivity contribution in [2.75, 3.05) is 41.4 Å². The molecule has 1 unspecified atom stereocenters. The minimum atomic E-state index is -2.94. The molecule has 0 N–H and O–H groups in total.